The highest BCUT2D eigenvalue weighted by atomic mass is 16.3. The van der Waals surface area contributed by atoms with Crippen LogP contribution in [0.5, 0.6) is 11.5 Å². The lowest BCUT2D eigenvalue weighted by molar-refractivity contribution is 0.298. The summed E-state index contributed by atoms with van der Waals surface area (Å²) in [7, 11) is 0. The minimum absolute atomic E-state index is 0.00408. The van der Waals surface area contributed by atoms with Crippen LogP contribution in [0.25, 0.3) is 0 Å². The Hall–Kier alpha value is -1.18. The molecule has 0 radical (unpaired) electrons. The summed E-state index contributed by atoms with van der Waals surface area (Å²) in [5, 5.41) is 19.9. The minimum atomic E-state index is -0.00408. The highest BCUT2D eigenvalue weighted by molar-refractivity contribution is 5.43. The van der Waals surface area contributed by atoms with Gasteiger partial charge in [0.1, 0.15) is 0 Å². The fourth-order valence-corrected chi connectivity index (χ4v) is 4.33. The van der Waals surface area contributed by atoms with E-state index in [1.807, 2.05) is 6.07 Å². The van der Waals surface area contributed by atoms with E-state index in [4.69, 9.17) is 0 Å². The van der Waals surface area contributed by atoms with Crippen molar-refractivity contribution in [2.24, 2.45) is 0 Å². The van der Waals surface area contributed by atoms with Gasteiger partial charge in [-0.25, -0.2) is 0 Å². The van der Waals surface area contributed by atoms with Crippen molar-refractivity contribution in [2.45, 2.75) is 122 Å². The van der Waals surface area contributed by atoms with Crippen LogP contribution in [-0.2, 0) is 5.41 Å². The third kappa shape index (κ3) is 8.58. The summed E-state index contributed by atoms with van der Waals surface area (Å²) in [5.41, 5.74) is 1.39. The Kier molecular flexibility index (Phi) is 12.3. The topological polar surface area (TPSA) is 40.5 Å². The van der Waals surface area contributed by atoms with Gasteiger partial charge in [0.25, 0.3) is 0 Å². The average molecular weight is 377 g/mol. The van der Waals surface area contributed by atoms with Crippen molar-refractivity contribution >= 4 is 0 Å². The van der Waals surface area contributed by atoms with Crippen molar-refractivity contribution in [3.05, 3.63) is 23.8 Å². The summed E-state index contributed by atoms with van der Waals surface area (Å²) in [6.07, 6.45) is 19.0. The molecule has 0 atom stereocenters. The van der Waals surface area contributed by atoms with Gasteiger partial charge in [0, 0.05) is 0 Å². The molecule has 0 aliphatic rings. The Morgan fingerprint density at radius 3 is 1.41 bits per heavy atom. The lowest BCUT2D eigenvalue weighted by Gasteiger charge is -2.36. The summed E-state index contributed by atoms with van der Waals surface area (Å²) in [6, 6.07) is 5.59. The summed E-state index contributed by atoms with van der Waals surface area (Å²) in [4.78, 5) is 0. The molecule has 0 heterocycles. The second-order valence-corrected chi connectivity index (χ2v) is 8.42. The number of unbranched alkanes of at least 4 members (excludes halogenated alkanes) is 9. The molecule has 0 fully saturated rings. The fraction of sp³-hybridized carbons (Fsp3) is 0.760. The van der Waals surface area contributed by atoms with E-state index in [0.717, 1.165) is 0 Å². The summed E-state index contributed by atoms with van der Waals surface area (Å²) in [6.45, 7) is 6.79. The standard InChI is InChI=1S/C25H44O2/c1-4-7-10-13-18-25(19-14-11-8-5-2,20-15-12-9-6-3)22-16-17-23(26)24(27)21-22/h16-17,21,26-27H,4-15,18-20H2,1-3H3. The van der Waals surface area contributed by atoms with Crippen molar-refractivity contribution in [3.8, 4) is 11.5 Å². The lowest BCUT2D eigenvalue weighted by Crippen LogP contribution is -2.26. The van der Waals surface area contributed by atoms with Crippen LogP contribution >= 0.6 is 0 Å². The third-order valence-corrected chi connectivity index (χ3v) is 6.11. The monoisotopic (exact) mass is 376 g/mol. The molecule has 1 aromatic carbocycles. The summed E-state index contributed by atoms with van der Waals surface area (Å²) in [5.74, 6) is 0.0307. The van der Waals surface area contributed by atoms with Crippen LogP contribution in [0.15, 0.2) is 18.2 Å². The van der Waals surface area contributed by atoms with Gasteiger partial charge in [-0.15, -0.1) is 0 Å². The first-order valence-corrected chi connectivity index (χ1v) is 11.6. The van der Waals surface area contributed by atoms with E-state index in [9.17, 15) is 10.2 Å². The zero-order valence-corrected chi connectivity index (χ0v) is 18.2. The van der Waals surface area contributed by atoms with Crippen LogP contribution in [0, 0.1) is 0 Å². The molecular formula is C25H44O2. The molecule has 0 unspecified atom stereocenters. The van der Waals surface area contributed by atoms with E-state index in [-0.39, 0.29) is 16.9 Å². The van der Waals surface area contributed by atoms with Crippen molar-refractivity contribution in [2.75, 3.05) is 0 Å². The SMILES string of the molecule is CCCCCCC(CCCCCC)(CCCCCC)c1ccc(O)c(O)c1. The van der Waals surface area contributed by atoms with Gasteiger partial charge < -0.3 is 10.2 Å². The number of phenols is 2. The van der Waals surface area contributed by atoms with Crippen molar-refractivity contribution < 1.29 is 10.2 Å². The molecule has 0 aliphatic heterocycles. The molecule has 2 heteroatoms. The predicted octanol–water partition coefficient (Wildman–Crippen LogP) is 8.25. The molecule has 0 spiro atoms. The molecule has 1 aromatic rings. The van der Waals surface area contributed by atoms with Crippen LogP contribution in [0.4, 0.5) is 0 Å². The molecule has 27 heavy (non-hydrogen) atoms. The average Bonchev–Trinajstić information content (AvgIpc) is 2.67. The predicted molar refractivity (Wildman–Crippen MR) is 118 cm³/mol. The Balaban J connectivity index is 3.00. The van der Waals surface area contributed by atoms with Gasteiger partial charge in [-0.2, -0.15) is 0 Å². The zero-order chi connectivity index (χ0) is 20.0. The smallest absolute Gasteiger partial charge is 0.157 e. The molecule has 2 nitrogen and oxygen atoms in total. The highest BCUT2D eigenvalue weighted by Gasteiger charge is 2.31. The second-order valence-electron chi connectivity index (χ2n) is 8.42. The molecule has 0 bridgehead atoms. The molecule has 0 saturated heterocycles. The van der Waals surface area contributed by atoms with Gasteiger partial charge in [0.05, 0.1) is 0 Å². The van der Waals surface area contributed by atoms with Crippen molar-refractivity contribution in [1.82, 2.24) is 0 Å². The number of hydrogen-bond acceptors (Lipinski definition) is 2. The first-order valence-electron chi connectivity index (χ1n) is 11.6. The molecule has 1 rings (SSSR count). The first kappa shape index (κ1) is 23.9. The minimum Gasteiger partial charge on any atom is -0.504 e. The summed E-state index contributed by atoms with van der Waals surface area (Å²) >= 11 is 0. The van der Waals surface area contributed by atoms with E-state index in [1.165, 1.54) is 102 Å². The lowest BCUT2D eigenvalue weighted by atomic mass is 9.69. The molecule has 0 amide bonds. The van der Waals surface area contributed by atoms with Crippen molar-refractivity contribution in [3.63, 3.8) is 0 Å². The fourth-order valence-electron chi connectivity index (χ4n) is 4.33. The van der Waals surface area contributed by atoms with Crippen LogP contribution in [-0.4, -0.2) is 10.2 Å². The van der Waals surface area contributed by atoms with Gasteiger partial charge in [-0.1, -0.05) is 104 Å². The molecule has 0 saturated carbocycles. The van der Waals surface area contributed by atoms with E-state index in [0.29, 0.717) is 0 Å². The van der Waals surface area contributed by atoms with Gasteiger partial charge in [0.15, 0.2) is 11.5 Å². The number of hydrogen-bond donors (Lipinski definition) is 2. The maximum Gasteiger partial charge on any atom is 0.157 e. The summed E-state index contributed by atoms with van der Waals surface area (Å²) < 4.78 is 0. The Morgan fingerprint density at radius 1 is 0.593 bits per heavy atom. The zero-order valence-electron chi connectivity index (χ0n) is 18.2. The largest absolute Gasteiger partial charge is 0.504 e. The number of aromatic hydroxyl groups is 2. The molecule has 156 valence electrons. The third-order valence-electron chi connectivity index (χ3n) is 6.11. The number of rotatable bonds is 16. The maximum atomic E-state index is 10.1. The van der Waals surface area contributed by atoms with E-state index < -0.39 is 0 Å². The second kappa shape index (κ2) is 13.9. The quantitative estimate of drug-likeness (QED) is 0.225. The number of phenolic OH excluding ortho intramolecular Hbond substituents is 2. The normalized spacial score (nSPS) is 11.8. The molecule has 2 N–H and O–H groups in total. The van der Waals surface area contributed by atoms with Crippen molar-refractivity contribution in [1.29, 1.82) is 0 Å². The van der Waals surface area contributed by atoms with Crippen LogP contribution < -0.4 is 0 Å². The Labute approximate surface area is 168 Å². The Bertz CT molecular complexity index is 464. The molecular weight excluding hydrogens is 332 g/mol. The van der Waals surface area contributed by atoms with E-state index in [2.05, 4.69) is 26.8 Å². The van der Waals surface area contributed by atoms with Crippen LogP contribution in [0.3, 0.4) is 0 Å². The first-order chi connectivity index (χ1) is 13.1. The van der Waals surface area contributed by atoms with Crippen LogP contribution in [0.2, 0.25) is 0 Å². The molecule has 0 aromatic heterocycles. The highest BCUT2D eigenvalue weighted by Crippen LogP contribution is 2.43. The van der Waals surface area contributed by atoms with E-state index in [1.54, 1.807) is 6.07 Å². The Morgan fingerprint density at radius 2 is 1.04 bits per heavy atom. The van der Waals surface area contributed by atoms with Gasteiger partial charge in [-0.05, 0) is 42.4 Å². The van der Waals surface area contributed by atoms with Gasteiger partial charge in [0.2, 0.25) is 0 Å². The van der Waals surface area contributed by atoms with Crippen LogP contribution in [0.1, 0.15) is 123 Å². The maximum absolute atomic E-state index is 10.1. The number of benzene rings is 1. The van der Waals surface area contributed by atoms with E-state index >= 15 is 0 Å². The molecule has 0 aliphatic carbocycles. The van der Waals surface area contributed by atoms with Gasteiger partial charge in [-0.3, -0.25) is 0 Å². The van der Waals surface area contributed by atoms with Gasteiger partial charge >= 0.3 is 0 Å².